The molecular formula is C16H21N3O2. The molecule has 1 aromatic heterocycles. The number of anilines is 1. The molecular weight excluding hydrogens is 266 g/mol. The summed E-state index contributed by atoms with van der Waals surface area (Å²) >= 11 is 0. The fourth-order valence-corrected chi connectivity index (χ4v) is 2.25. The summed E-state index contributed by atoms with van der Waals surface area (Å²) in [5, 5.41) is 5.52. The summed E-state index contributed by atoms with van der Waals surface area (Å²) in [7, 11) is 0. The second-order valence-corrected chi connectivity index (χ2v) is 6.10. The van der Waals surface area contributed by atoms with Gasteiger partial charge in [-0.15, -0.1) is 0 Å². The first-order chi connectivity index (χ1) is 10.1. The van der Waals surface area contributed by atoms with Gasteiger partial charge in [0.15, 0.2) is 11.5 Å². The van der Waals surface area contributed by atoms with Crippen LogP contribution in [-0.2, 0) is 0 Å². The SMILES string of the molecule is CC(C)(CN)CNc1nccc2cc3c(cc12)OCCO3. The van der Waals surface area contributed by atoms with Crippen molar-refractivity contribution in [1.29, 1.82) is 0 Å². The van der Waals surface area contributed by atoms with E-state index in [2.05, 4.69) is 24.1 Å². The van der Waals surface area contributed by atoms with Crippen LogP contribution >= 0.6 is 0 Å². The highest BCUT2D eigenvalue weighted by Crippen LogP contribution is 2.36. The minimum atomic E-state index is 0.0255. The lowest BCUT2D eigenvalue weighted by molar-refractivity contribution is 0.172. The van der Waals surface area contributed by atoms with Crippen LogP contribution in [0, 0.1) is 5.41 Å². The average Bonchev–Trinajstić information content (AvgIpc) is 2.51. The van der Waals surface area contributed by atoms with E-state index in [1.165, 1.54) is 0 Å². The summed E-state index contributed by atoms with van der Waals surface area (Å²) in [6.45, 7) is 6.83. The highest BCUT2D eigenvalue weighted by molar-refractivity contribution is 5.94. The van der Waals surface area contributed by atoms with E-state index < -0.39 is 0 Å². The maximum Gasteiger partial charge on any atom is 0.162 e. The number of nitrogens with zero attached hydrogens (tertiary/aromatic N) is 1. The third kappa shape index (κ3) is 2.88. The van der Waals surface area contributed by atoms with Gasteiger partial charge < -0.3 is 20.5 Å². The number of benzene rings is 1. The molecule has 1 aliphatic heterocycles. The van der Waals surface area contributed by atoms with Crippen LogP contribution < -0.4 is 20.5 Å². The van der Waals surface area contributed by atoms with Gasteiger partial charge in [0, 0.05) is 18.1 Å². The summed E-state index contributed by atoms with van der Waals surface area (Å²) in [4.78, 5) is 4.44. The van der Waals surface area contributed by atoms with E-state index in [4.69, 9.17) is 15.2 Å². The normalized spacial score (nSPS) is 14.2. The minimum Gasteiger partial charge on any atom is -0.486 e. The first-order valence-corrected chi connectivity index (χ1v) is 7.21. The predicted octanol–water partition coefficient (Wildman–Crippen LogP) is 2.40. The van der Waals surface area contributed by atoms with Gasteiger partial charge in [-0.05, 0) is 35.5 Å². The first kappa shape index (κ1) is 13.9. The molecule has 1 aliphatic rings. The van der Waals surface area contributed by atoms with Gasteiger partial charge in [0.2, 0.25) is 0 Å². The Hall–Kier alpha value is -2.01. The molecule has 0 bridgehead atoms. The van der Waals surface area contributed by atoms with Crippen LogP contribution in [0.5, 0.6) is 11.5 Å². The van der Waals surface area contributed by atoms with Gasteiger partial charge in [-0.25, -0.2) is 4.98 Å². The Labute approximate surface area is 124 Å². The molecule has 0 aliphatic carbocycles. The molecule has 3 rings (SSSR count). The average molecular weight is 287 g/mol. The Bertz CT molecular complexity index is 655. The molecule has 1 aromatic carbocycles. The molecule has 112 valence electrons. The van der Waals surface area contributed by atoms with Crippen molar-refractivity contribution in [2.75, 3.05) is 31.6 Å². The number of rotatable bonds is 4. The van der Waals surface area contributed by atoms with Crippen LogP contribution in [0.1, 0.15) is 13.8 Å². The zero-order chi connectivity index (χ0) is 14.9. The number of nitrogens with two attached hydrogens (primary N) is 1. The largest absolute Gasteiger partial charge is 0.486 e. The van der Waals surface area contributed by atoms with Gasteiger partial charge in [0.25, 0.3) is 0 Å². The van der Waals surface area contributed by atoms with Crippen molar-refractivity contribution in [3.63, 3.8) is 0 Å². The van der Waals surface area contributed by atoms with Crippen LogP contribution in [0.3, 0.4) is 0 Å². The van der Waals surface area contributed by atoms with Crippen LogP contribution in [0.2, 0.25) is 0 Å². The Morgan fingerprint density at radius 2 is 1.95 bits per heavy atom. The van der Waals surface area contributed by atoms with Crippen LogP contribution in [0.25, 0.3) is 10.8 Å². The Balaban J connectivity index is 1.95. The van der Waals surface area contributed by atoms with E-state index >= 15 is 0 Å². The number of pyridine rings is 1. The van der Waals surface area contributed by atoms with Crippen molar-refractivity contribution in [1.82, 2.24) is 4.98 Å². The molecule has 3 N–H and O–H groups in total. The van der Waals surface area contributed by atoms with Gasteiger partial charge >= 0.3 is 0 Å². The van der Waals surface area contributed by atoms with E-state index in [9.17, 15) is 0 Å². The van der Waals surface area contributed by atoms with Crippen molar-refractivity contribution >= 4 is 16.6 Å². The van der Waals surface area contributed by atoms with Gasteiger partial charge in [0.1, 0.15) is 19.0 Å². The molecule has 2 aromatic rings. The lowest BCUT2D eigenvalue weighted by Gasteiger charge is -2.24. The predicted molar refractivity (Wildman–Crippen MR) is 84.1 cm³/mol. The molecule has 0 fully saturated rings. The van der Waals surface area contributed by atoms with Gasteiger partial charge in [-0.3, -0.25) is 0 Å². The number of hydrogen-bond donors (Lipinski definition) is 2. The van der Waals surface area contributed by atoms with Gasteiger partial charge in [-0.2, -0.15) is 0 Å². The van der Waals surface area contributed by atoms with E-state index in [1.807, 2.05) is 18.2 Å². The quantitative estimate of drug-likeness (QED) is 0.903. The molecule has 5 nitrogen and oxygen atoms in total. The number of aromatic nitrogens is 1. The number of hydrogen-bond acceptors (Lipinski definition) is 5. The van der Waals surface area contributed by atoms with E-state index in [-0.39, 0.29) is 5.41 Å². The zero-order valence-electron chi connectivity index (χ0n) is 12.5. The van der Waals surface area contributed by atoms with Gasteiger partial charge in [-0.1, -0.05) is 13.8 Å². The molecule has 5 heteroatoms. The third-order valence-corrected chi connectivity index (χ3v) is 3.71. The fourth-order valence-electron chi connectivity index (χ4n) is 2.25. The molecule has 0 atom stereocenters. The smallest absolute Gasteiger partial charge is 0.162 e. The second kappa shape index (κ2) is 5.41. The maximum atomic E-state index is 5.78. The van der Waals surface area contributed by atoms with E-state index in [1.54, 1.807) is 6.20 Å². The van der Waals surface area contributed by atoms with Crippen molar-refractivity contribution in [2.24, 2.45) is 11.1 Å². The Morgan fingerprint density at radius 1 is 1.24 bits per heavy atom. The molecule has 21 heavy (non-hydrogen) atoms. The number of nitrogens with one attached hydrogen (secondary N) is 1. The summed E-state index contributed by atoms with van der Waals surface area (Å²) in [6, 6.07) is 5.98. The van der Waals surface area contributed by atoms with Crippen molar-refractivity contribution in [3.05, 3.63) is 24.4 Å². The number of fused-ring (bicyclic) bond motifs is 2. The fraction of sp³-hybridized carbons (Fsp3) is 0.438. The highest BCUT2D eigenvalue weighted by atomic mass is 16.6. The molecule has 0 saturated carbocycles. The summed E-state index contributed by atoms with van der Waals surface area (Å²) in [5.74, 6) is 2.43. The molecule has 2 heterocycles. The molecule has 0 radical (unpaired) electrons. The lowest BCUT2D eigenvalue weighted by atomic mass is 9.94. The molecule has 0 unspecified atom stereocenters. The summed E-state index contributed by atoms with van der Waals surface area (Å²) in [6.07, 6.45) is 1.80. The van der Waals surface area contributed by atoms with Crippen molar-refractivity contribution in [3.8, 4) is 11.5 Å². The van der Waals surface area contributed by atoms with Crippen molar-refractivity contribution < 1.29 is 9.47 Å². The Kier molecular flexibility index (Phi) is 3.59. The summed E-state index contributed by atoms with van der Waals surface area (Å²) < 4.78 is 11.3. The third-order valence-electron chi connectivity index (χ3n) is 3.71. The first-order valence-electron chi connectivity index (χ1n) is 7.21. The lowest BCUT2D eigenvalue weighted by Crippen LogP contribution is -2.31. The van der Waals surface area contributed by atoms with E-state index in [0.717, 1.165) is 34.6 Å². The molecule has 0 saturated heterocycles. The van der Waals surface area contributed by atoms with E-state index in [0.29, 0.717) is 19.8 Å². The number of ether oxygens (including phenoxy) is 2. The monoisotopic (exact) mass is 287 g/mol. The highest BCUT2D eigenvalue weighted by Gasteiger charge is 2.18. The molecule has 0 amide bonds. The standard InChI is InChI=1S/C16H21N3O2/c1-16(2,9-17)10-19-15-12-8-14-13(20-5-6-21-14)7-11(12)3-4-18-15/h3-4,7-8H,5-6,9-10,17H2,1-2H3,(H,18,19). The van der Waals surface area contributed by atoms with Gasteiger partial charge in [0.05, 0.1) is 0 Å². The summed E-state index contributed by atoms with van der Waals surface area (Å²) in [5.41, 5.74) is 5.80. The topological polar surface area (TPSA) is 69.4 Å². The van der Waals surface area contributed by atoms with Crippen LogP contribution in [0.4, 0.5) is 5.82 Å². The second-order valence-electron chi connectivity index (χ2n) is 6.10. The minimum absolute atomic E-state index is 0.0255. The van der Waals surface area contributed by atoms with Crippen LogP contribution in [0.15, 0.2) is 24.4 Å². The van der Waals surface area contributed by atoms with Crippen molar-refractivity contribution in [2.45, 2.75) is 13.8 Å². The zero-order valence-corrected chi connectivity index (χ0v) is 12.5. The Morgan fingerprint density at radius 3 is 2.67 bits per heavy atom. The molecule has 0 spiro atoms. The van der Waals surface area contributed by atoms with Crippen LogP contribution in [-0.4, -0.2) is 31.3 Å². The maximum absolute atomic E-state index is 5.78.